The van der Waals surface area contributed by atoms with Crippen LogP contribution in [0.3, 0.4) is 0 Å². The third-order valence-corrected chi connectivity index (χ3v) is 2.49. The van der Waals surface area contributed by atoms with E-state index in [2.05, 4.69) is 10.3 Å². The molecule has 2 atom stereocenters. The summed E-state index contributed by atoms with van der Waals surface area (Å²) in [6.07, 6.45) is 6.22. The normalized spacial score (nSPS) is 24.4. The molecule has 80 valence electrons. The summed E-state index contributed by atoms with van der Waals surface area (Å²) >= 11 is 0. The Morgan fingerprint density at radius 2 is 2.40 bits per heavy atom. The number of hydrogen-bond donors (Lipinski definition) is 2. The second-order valence-electron chi connectivity index (χ2n) is 3.65. The lowest BCUT2D eigenvalue weighted by molar-refractivity contribution is 0.250. The van der Waals surface area contributed by atoms with Crippen LogP contribution in [0.4, 0.5) is 10.2 Å². The molecule has 0 unspecified atom stereocenters. The molecule has 2 N–H and O–H groups in total. The maximum absolute atomic E-state index is 13.2. The lowest BCUT2D eigenvalue weighted by Crippen LogP contribution is -2.18. The minimum absolute atomic E-state index is 0.0616. The smallest absolute Gasteiger partial charge is 0.165 e. The van der Waals surface area contributed by atoms with Gasteiger partial charge in [0.2, 0.25) is 0 Å². The van der Waals surface area contributed by atoms with Crippen LogP contribution < -0.4 is 5.32 Å². The summed E-state index contributed by atoms with van der Waals surface area (Å²) in [5.74, 6) is 0.0957. The van der Waals surface area contributed by atoms with Gasteiger partial charge in [0.15, 0.2) is 11.6 Å². The molecule has 0 spiro atoms. The number of anilines is 1. The van der Waals surface area contributed by atoms with Crippen molar-refractivity contribution >= 4 is 5.82 Å². The monoisotopic (exact) mass is 208 g/mol. The van der Waals surface area contributed by atoms with Crippen molar-refractivity contribution in [2.24, 2.45) is 5.92 Å². The highest BCUT2D eigenvalue weighted by molar-refractivity contribution is 5.38. The van der Waals surface area contributed by atoms with Gasteiger partial charge in [0.1, 0.15) is 0 Å². The molecule has 1 aliphatic carbocycles. The lowest BCUT2D eigenvalue weighted by atomic mass is 10.1. The number of hydrogen-bond acceptors (Lipinski definition) is 3. The Bertz CT molecular complexity index is 367. The molecule has 0 saturated carbocycles. The van der Waals surface area contributed by atoms with E-state index in [0.29, 0.717) is 0 Å². The van der Waals surface area contributed by atoms with E-state index in [1.54, 1.807) is 12.3 Å². The zero-order chi connectivity index (χ0) is 10.7. The molecule has 1 aromatic rings. The van der Waals surface area contributed by atoms with Crippen molar-refractivity contribution in [1.82, 2.24) is 4.98 Å². The highest BCUT2D eigenvalue weighted by Gasteiger charge is 2.18. The highest BCUT2D eigenvalue weighted by atomic mass is 19.1. The number of rotatable bonds is 3. The van der Waals surface area contributed by atoms with E-state index in [0.717, 1.165) is 6.42 Å². The van der Waals surface area contributed by atoms with Crippen LogP contribution in [0.5, 0.6) is 0 Å². The minimum atomic E-state index is -0.349. The largest absolute Gasteiger partial charge is 0.396 e. The molecule has 0 radical (unpaired) electrons. The molecule has 4 heteroatoms. The van der Waals surface area contributed by atoms with E-state index in [1.165, 1.54) is 6.07 Å². The Morgan fingerprint density at radius 1 is 1.53 bits per heavy atom. The topological polar surface area (TPSA) is 45.1 Å². The van der Waals surface area contributed by atoms with Gasteiger partial charge in [-0.1, -0.05) is 12.2 Å². The molecule has 1 aromatic heterocycles. The number of pyridine rings is 1. The zero-order valence-electron chi connectivity index (χ0n) is 8.23. The fourth-order valence-electron chi connectivity index (χ4n) is 1.68. The van der Waals surface area contributed by atoms with Crippen LogP contribution in [-0.2, 0) is 0 Å². The molecule has 3 nitrogen and oxygen atoms in total. The van der Waals surface area contributed by atoms with E-state index >= 15 is 0 Å². The lowest BCUT2D eigenvalue weighted by Gasteiger charge is -2.13. The average Bonchev–Trinajstić information content (AvgIpc) is 2.69. The van der Waals surface area contributed by atoms with E-state index in [9.17, 15) is 4.39 Å². The molecule has 2 rings (SSSR count). The number of halogens is 1. The third-order valence-electron chi connectivity index (χ3n) is 2.49. The van der Waals surface area contributed by atoms with Gasteiger partial charge in [0.25, 0.3) is 0 Å². The van der Waals surface area contributed by atoms with E-state index < -0.39 is 0 Å². The van der Waals surface area contributed by atoms with Gasteiger partial charge in [0, 0.05) is 24.8 Å². The summed E-state index contributed by atoms with van der Waals surface area (Å²) in [5.41, 5.74) is 0. The Hall–Kier alpha value is -1.42. The minimum Gasteiger partial charge on any atom is -0.396 e. The number of nitrogens with one attached hydrogen (secondary N) is 1. The van der Waals surface area contributed by atoms with Crippen LogP contribution in [0.25, 0.3) is 0 Å². The van der Waals surface area contributed by atoms with Crippen LogP contribution in [0, 0.1) is 11.7 Å². The maximum atomic E-state index is 13.2. The molecule has 0 saturated heterocycles. The van der Waals surface area contributed by atoms with Crippen molar-refractivity contribution in [2.45, 2.75) is 12.5 Å². The van der Waals surface area contributed by atoms with Gasteiger partial charge in [-0.15, -0.1) is 0 Å². The van der Waals surface area contributed by atoms with Crippen molar-refractivity contribution in [3.63, 3.8) is 0 Å². The van der Waals surface area contributed by atoms with Crippen LogP contribution >= 0.6 is 0 Å². The summed E-state index contributed by atoms with van der Waals surface area (Å²) in [5, 5.41) is 11.9. The van der Waals surface area contributed by atoms with E-state index in [-0.39, 0.29) is 30.2 Å². The molecule has 0 aromatic carbocycles. The van der Waals surface area contributed by atoms with Gasteiger partial charge in [-0.25, -0.2) is 9.37 Å². The van der Waals surface area contributed by atoms with Crippen molar-refractivity contribution in [3.05, 3.63) is 36.3 Å². The first-order valence-electron chi connectivity index (χ1n) is 4.96. The second kappa shape index (κ2) is 4.40. The molecule has 1 aliphatic rings. The first-order chi connectivity index (χ1) is 7.29. The Balaban J connectivity index is 1.99. The predicted molar refractivity (Wildman–Crippen MR) is 55.9 cm³/mol. The quantitative estimate of drug-likeness (QED) is 0.741. The van der Waals surface area contributed by atoms with Crippen molar-refractivity contribution < 1.29 is 9.50 Å². The standard InChI is InChI=1S/C11H13FN2O/c12-10-2-1-5-13-11(10)14-9-4-3-8(6-9)7-15/h1-5,8-9,15H,6-7H2,(H,13,14)/t8-,9+/m0/s1. The summed E-state index contributed by atoms with van der Waals surface area (Å²) in [6.45, 7) is 0.138. The SMILES string of the molecule is OC[C@H]1C=C[C@@H](Nc2ncccc2F)C1. The van der Waals surface area contributed by atoms with Crippen molar-refractivity contribution in [1.29, 1.82) is 0 Å². The van der Waals surface area contributed by atoms with Crippen molar-refractivity contribution in [3.8, 4) is 0 Å². The number of aliphatic hydroxyl groups is 1. The molecule has 0 fully saturated rings. The molecule has 0 amide bonds. The Kier molecular flexibility index (Phi) is 2.97. The summed E-state index contributed by atoms with van der Waals surface area (Å²) in [4.78, 5) is 3.91. The third kappa shape index (κ3) is 2.33. The Morgan fingerprint density at radius 3 is 3.07 bits per heavy atom. The molecular weight excluding hydrogens is 195 g/mol. The summed E-state index contributed by atoms with van der Waals surface area (Å²) in [7, 11) is 0. The first kappa shape index (κ1) is 10.1. The Labute approximate surface area is 87.7 Å². The molecule has 15 heavy (non-hydrogen) atoms. The molecule has 0 aliphatic heterocycles. The van der Waals surface area contributed by atoms with Crippen LogP contribution in [0.2, 0.25) is 0 Å². The molecule has 0 bridgehead atoms. The van der Waals surface area contributed by atoms with E-state index in [1.807, 2.05) is 12.2 Å². The van der Waals surface area contributed by atoms with Gasteiger partial charge in [-0.05, 0) is 18.6 Å². The van der Waals surface area contributed by atoms with Gasteiger partial charge in [-0.2, -0.15) is 0 Å². The number of aromatic nitrogens is 1. The predicted octanol–water partition coefficient (Wildman–Crippen LogP) is 1.57. The molecule has 1 heterocycles. The molecular formula is C11H13FN2O. The van der Waals surface area contributed by atoms with Gasteiger partial charge >= 0.3 is 0 Å². The zero-order valence-corrected chi connectivity index (χ0v) is 8.23. The van der Waals surface area contributed by atoms with Crippen LogP contribution in [0.1, 0.15) is 6.42 Å². The van der Waals surface area contributed by atoms with Gasteiger partial charge in [0.05, 0.1) is 0 Å². The number of aliphatic hydroxyl groups excluding tert-OH is 1. The van der Waals surface area contributed by atoms with Crippen LogP contribution in [0.15, 0.2) is 30.5 Å². The van der Waals surface area contributed by atoms with Gasteiger partial charge in [-0.3, -0.25) is 0 Å². The van der Waals surface area contributed by atoms with Crippen LogP contribution in [-0.4, -0.2) is 22.7 Å². The fraction of sp³-hybridized carbons (Fsp3) is 0.364. The average molecular weight is 208 g/mol. The van der Waals surface area contributed by atoms with E-state index in [4.69, 9.17) is 5.11 Å². The summed E-state index contributed by atoms with van der Waals surface area (Å²) < 4.78 is 13.2. The number of nitrogens with zero attached hydrogens (tertiary/aromatic N) is 1. The summed E-state index contributed by atoms with van der Waals surface area (Å²) in [6, 6.07) is 2.99. The fourth-order valence-corrected chi connectivity index (χ4v) is 1.68. The maximum Gasteiger partial charge on any atom is 0.165 e. The van der Waals surface area contributed by atoms with Gasteiger partial charge < -0.3 is 10.4 Å². The second-order valence-corrected chi connectivity index (χ2v) is 3.65. The highest BCUT2D eigenvalue weighted by Crippen LogP contribution is 2.21. The first-order valence-corrected chi connectivity index (χ1v) is 4.96. The van der Waals surface area contributed by atoms with Crippen molar-refractivity contribution in [2.75, 3.05) is 11.9 Å².